The van der Waals surface area contributed by atoms with Crippen LogP contribution in [0.1, 0.15) is 39.9 Å². The molecule has 0 atom stereocenters. The molecule has 0 unspecified atom stereocenters. The van der Waals surface area contributed by atoms with Crippen LogP contribution in [-0.4, -0.2) is 25.9 Å². The van der Waals surface area contributed by atoms with Crippen molar-refractivity contribution in [2.45, 2.75) is 33.2 Å². The molecule has 0 fully saturated rings. The van der Waals surface area contributed by atoms with E-state index in [2.05, 4.69) is 5.32 Å². The summed E-state index contributed by atoms with van der Waals surface area (Å²) in [5, 5.41) is 2.83. The Kier molecular flexibility index (Phi) is 6.78. The van der Waals surface area contributed by atoms with Crippen LogP contribution in [-0.2, 0) is 11.3 Å². The summed E-state index contributed by atoms with van der Waals surface area (Å²) in [5.74, 6) is 1.15. The summed E-state index contributed by atoms with van der Waals surface area (Å²) in [5.41, 5.74) is 3.72. The molecule has 0 saturated heterocycles. The normalized spacial score (nSPS) is 10.3. The maximum atomic E-state index is 12.2. The second-order valence-electron chi connectivity index (χ2n) is 6.18. The number of aryl methyl sites for hydroxylation is 2. The van der Waals surface area contributed by atoms with Crippen LogP contribution < -0.4 is 14.8 Å². The lowest BCUT2D eigenvalue weighted by molar-refractivity contribution is -0.121. The van der Waals surface area contributed by atoms with E-state index in [1.807, 2.05) is 44.2 Å². The Morgan fingerprint density at radius 2 is 1.69 bits per heavy atom. The van der Waals surface area contributed by atoms with Gasteiger partial charge in [0.15, 0.2) is 5.78 Å². The van der Waals surface area contributed by atoms with E-state index >= 15 is 0 Å². The van der Waals surface area contributed by atoms with E-state index in [4.69, 9.17) is 9.47 Å². The Balaban J connectivity index is 1.87. The molecular weight excluding hydrogens is 330 g/mol. The van der Waals surface area contributed by atoms with Crippen LogP contribution in [0.25, 0.3) is 0 Å². The third-order valence-corrected chi connectivity index (χ3v) is 4.38. The third-order valence-electron chi connectivity index (χ3n) is 4.38. The van der Waals surface area contributed by atoms with E-state index in [9.17, 15) is 9.59 Å². The van der Waals surface area contributed by atoms with Crippen molar-refractivity contribution in [3.63, 3.8) is 0 Å². The molecule has 0 bridgehead atoms. The number of rotatable bonds is 8. The van der Waals surface area contributed by atoms with Crippen molar-refractivity contribution < 1.29 is 19.1 Å². The van der Waals surface area contributed by atoms with E-state index < -0.39 is 0 Å². The molecule has 0 aliphatic carbocycles. The molecule has 2 aromatic rings. The lowest BCUT2D eigenvalue weighted by Crippen LogP contribution is -2.23. The summed E-state index contributed by atoms with van der Waals surface area (Å²) in [7, 11) is 3.16. The van der Waals surface area contributed by atoms with Gasteiger partial charge in [0.2, 0.25) is 5.91 Å². The van der Waals surface area contributed by atoms with Crippen LogP contribution >= 0.6 is 0 Å². The summed E-state index contributed by atoms with van der Waals surface area (Å²) >= 11 is 0. The highest BCUT2D eigenvalue weighted by molar-refractivity contribution is 5.98. The van der Waals surface area contributed by atoms with E-state index in [1.165, 1.54) is 0 Å². The topological polar surface area (TPSA) is 64.6 Å². The monoisotopic (exact) mass is 355 g/mol. The highest BCUT2D eigenvalue weighted by atomic mass is 16.5. The zero-order chi connectivity index (χ0) is 19.1. The number of nitrogens with one attached hydrogen (secondary N) is 1. The first kappa shape index (κ1) is 19.5. The van der Waals surface area contributed by atoms with Crippen molar-refractivity contribution in [1.29, 1.82) is 0 Å². The number of hydrogen-bond acceptors (Lipinski definition) is 4. The molecule has 26 heavy (non-hydrogen) atoms. The second kappa shape index (κ2) is 9.04. The molecule has 0 aliphatic heterocycles. The van der Waals surface area contributed by atoms with Gasteiger partial charge in [0.25, 0.3) is 0 Å². The van der Waals surface area contributed by atoms with E-state index in [0.29, 0.717) is 23.6 Å². The number of hydrogen-bond donors (Lipinski definition) is 1. The fourth-order valence-electron chi connectivity index (χ4n) is 2.57. The third kappa shape index (κ3) is 5.09. The Morgan fingerprint density at radius 1 is 0.923 bits per heavy atom. The average molecular weight is 355 g/mol. The van der Waals surface area contributed by atoms with Gasteiger partial charge in [0.1, 0.15) is 11.5 Å². The van der Waals surface area contributed by atoms with Crippen LogP contribution in [0, 0.1) is 13.8 Å². The number of amides is 1. The lowest BCUT2D eigenvalue weighted by atomic mass is 10.0. The predicted octanol–water partition coefficient (Wildman–Crippen LogP) is 3.60. The number of benzene rings is 2. The van der Waals surface area contributed by atoms with Gasteiger partial charge in [-0.25, -0.2) is 0 Å². The summed E-state index contributed by atoms with van der Waals surface area (Å²) in [6.07, 6.45) is 0.346. The van der Waals surface area contributed by atoms with Gasteiger partial charge in [-0.3, -0.25) is 9.59 Å². The van der Waals surface area contributed by atoms with Crippen molar-refractivity contribution >= 4 is 11.7 Å². The standard InChI is InChI=1S/C21H25NO4/c1-14-5-6-16(11-15(14)2)19(23)9-10-21(24)22-13-17-7-8-18(25-3)12-20(17)26-4/h5-8,11-12H,9-10,13H2,1-4H3,(H,22,24). The van der Waals surface area contributed by atoms with Crippen molar-refractivity contribution in [3.05, 3.63) is 58.7 Å². The molecule has 0 heterocycles. The zero-order valence-corrected chi connectivity index (χ0v) is 15.7. The van der Waals surface area contributed by atoms with Crippen molar-refractivity contribution in [2.75, 3.05) is 14.2 Å². The number of carbonyl (C=O) groups is 2. The van der Waals surface area contributed by atoms with Gasteiger partial charge in [-0.15, -0.1) is 0 Å². The average Bonchev–Trinajstić information content (AvgIpc) is 2.66. The molecule has 1 N–H and O–H groups in total. The van der Waals surface area contributed by atoms with Gasteiger partial charge in [-0.1, -0.05) is 12.1 Å². The van der Waals surface area contributed by atoms with Gasteiger partial charge in [0, 0.05) is 36.6 Å². The van der Waals surface area contributed by atoms with Gasteiger partial charge in [-0.2, -0.15) is 0 Å². The first-order chi connectivity index (χ1) is 12.4. The van der Waals surface area contributed by atoms with Crippen molar-refractivity contribution in [1.82, 2.24) is 5.32 Å². The summed E-state index contributed by atoms with van der Waals surface area (Å²) in [4.78, 5) is 24.3. The number of ketones is 1. The van der Waals surface area contributed by atoms with E-state index in [0.717, 1.165) is 16.7 Å². The highest BCUT2D eigenvalue weighted by Crippen LogP contribution is 2.24. The Labute approximate surface area is 154 Å². The van der Waals surface area contributed by atoms with Crippen LogP contribution in [0.2, 0.25) is 0 Å². The molecule has 2 aromatic carbocycles. The highest BCUT2D eigenvalue weighted by Gasteiger charge is 2.11. The molecule has 0 aliphatic rings. The first-order valence-corrected chi connectivity index (χ1v) is 8.52. The summed E-state index contributed by atoms with van der Waals surface area (Å²) < 4.78 is 10.5. The van der Waals surface area contributed by atoms with Gasteiger partial charge in [0.05, 0.1) is 14.2 Å². The molecule has 0 aromatic heterocycles. The molecule has 1 amide bonds. The summed E-state index contributed by atoms with van der Waals surface area (Å²) in [6, 6.07) is 11.0. The van der Waals surface area contributed by atoms with Crippen molar-refractivity contribution in [2.24, 2.45) is 0 Å². The molecule has 0 spiro atoms. The molecule has 2 rings (SSSR count). The summed E-state index contributed by atoms with van der Waals surface area (Å²) in [6.45, 7) is 4.31. The minimum atomic E-state index is -0.167. The Bertz CT molecular complexity index is 799. The van der Waals surface area contributed by atoms with E-state index in [1.54, 1.807) is 20.3 Å². The van der Waals surface area contributed by atoms with E-state index in [-0.39, 0.29) is 24.5 Å². The molecule has 138 valence electrons. The molecule has 5 nitrogen and oxygen atoms in total. The Morgan fingerprint density at radius 3 is 2.35 bits per heavy atom. The smallest absolute Gasteiger partial charge is 0.220 e. The molecule has 0 radical (unpaired) electrons. The van der Waals surface area contributed by atoms with Gasteiger partial charge >= 0.3 is 0 Å². The minimum absolute atomic E-state index is 0.0229. The molecular formula is C21H25NO4. The van der Waals surface area contributed by atoms with Crippen LogP contribution in [0.4, 0.5) is 0 Å². The Hall–Kier alpha value is -2.82. The maximum Gasteiger partial charge on any atom is 0.220 e. The van der Waals surface area contributed by atoms with Crippen LogP contribution in [0.5, 0.6) is 11.5 Å². The number of Topliss-reactive ketones (excluding diaryl/α,β-unsaturated/α-hetero) is 1. The first-order valence-electron chi connectivity index (χ1n) is 8.52. The number of carbonyl (C=O) groups excluding carboxylic acids is 2. The molecule has 5 heteroatoms. The molecule has 0 saturated carbocycles. The second-order valence-corrected chi connectivity index (χ2v) is 6.18. The quantitative estimate of drug-likeness (QED) is 0.735. The number of methoxy groups -OCH3 is 2. The fourth-order valence-corrected chi connectivity index (χ4v) is 2.57. The van der Waals surface area contributed by atoms with Gasteiger partial charge < -0.3 is 14.8 Å². The maximum absolute atomic E-state index is 12.2. The predicted molar refractivity (Wildman–Crippen MR) is 101 cm³/mol. The largest absolute Gasteiger partial charge is 0.497 e. The van der Waals surface area contributed by atoms with Crippen molar-refractivity contribution in [3.8, 4) is 11.5 Å². The SMILES string of the molecule is COc1ccc(CNC(=O)CCC(=O)c2ccc(C)c(C)c2)c(OC)c1. The fraction of sp³-hybridized carbons (Fsp3) is 0.333. The van der Waals surface area contributed by atoms with Crippen LogP contribution in [0.15, 0.2) is 36.4 Å². The minimum Gasteiger partial charge on any atom is -0.497 e. The lowest BCUT2D eigenvalue weighted by Gasteiger charge is -2.11. The van der Waals surface area contributed by atoms with Crippen LogP contribution in [0.3, 0.4) is 0 Å². The van der Waals surface area contributed by atoms with Gasteiger partial charge in [-0.05, 0) is 43.2 Å². The zero-order valence-electron chi connectivity index (χ0n) is 15.7. The number of ether oxygens (including phenoxy) is 2.